The Labute approximate surface area is 112 Å². The summed E-state index contributed by atoms with van der Waals surface area (Å²) in [5.41, 5.74) is -0.622. The van der Waals surface area contributed by atoms with Crippen molar-refractivity contribution >= 4 is 34.6 Å². The maximum absolute atomic E-state index is 11.5. The molecule has 0 fully saturated rings. The Morgan fingerprint density at radius 2 is 1.89 bits per heavy atom. The van der Waals surface area contributed by atoms with E-state index in [-0.39, 0.29) is 17.1 Å². The van der Waals surface area contributed by atoms with Gasteiger partial charge < -0.3 is 4.90 Å². The molecular weight excluding hydrogens is 278 g/mol. The Bertz CT molecular complexity index is 560. The van der Waals surface area contributed by atoms with Gasteiger partial charge in [0.15, 0.2) is 0 Å². The van der Waals surface area contributed by atoms with Crippen molar-refractivity contribution in [2.24, 2.45) is 0 Å². The maximum Gasteiger partial charge on any atom is 0.281 e. The lowest BCUT2D eigenvalue weighted by atomic mass is 10.1. The van der Waals surface area contributed by atoms with Crippen LogP contribution in [0.2, 0.25) is 0 Å². The molecule has 8 nitrogen and oxygen atoms in total. The Balaban J connectivity index is 3.49. The zero-order chi connectivity index (χ0) is 14.7. The van der Waals surface area contributed by atoms with Crippen LogP contribution in [-0.2, 0) is 4.79 Å². The summed E-state index contributed by atoms with van der Waals surface area (Å²) in [6.07, 6.45) is 0. The molecule has 0 aliphatic carbocycles. The summed E-state index contributed by atoms with van der Waals surface area (Å²) in [5.74, 6) is -0.841. The van der Waals surface area contributed by atoms with Crippen molar-refractivity contribution in [3.8, 4) is 0 Å². The number of alkyl halides is 1. The fourth-order valence-electron chi connectivity index (χ4n) is 1.54. The van der Waals surface area contributed by atoms with Crippen molar-refractivity contribution in [2.45, 2.75) is 6.92 Å². The van der Waals surface area contributed by atoms with E-state index in [4.69, 9.17) is 11.6 Å². The molecule has 102 valence electrons. The molecule has 0 aliphatic heterocycles. The van der Waals surface area contributed by atoms with Gasteiger partial charge in [-0.2, -0.15) is 0 Å². The molecule has 0 saturated heterocycles. The topological polar surface area (TPSA) is 107 Å². The van der Waals surface area contributed by atoms with Crippen LogP contribution < -0.4 is 4.90 Å². The highest BCUT2D eigenvalue weighted by Crippen LogP contribution is 2.33. The predicted octanol–water partition coefficient (Wildman–Crippen LogP) is 2.01. The van der Waals surface area contributed by atoms with Gasteiger partial charge in [-0.1, -0.05) is 0 Å². The van der Waals surface area contributed by atoms with E-state index < -0.39 is 27.1 Å². The van der Waals surface area contributed by atoms with Crippen LogP contribution in [-0.4, -0.2) is 28.7 Å². The number of rotatable bonds is 4. The molecule has 1 rings (SSSR count). The Kier molecular flexibility index (Phi) is 4.38. The monoisotopic (exact) mass is 287 g/mol. The van der Waals surface area contributed by atoms with Crippen LogP contribution in [0.25, 0.3) is 0 Å². The van der Waals surface area contributed by atoms with Crippen LogP contribution in [0.5, 0.6) is 0 Å². The molecule has 1 aromatic rings. The van der Waals surface area contributed by atoms with Gasteiger partial charge in [-0.05, 0) is 6.92 Å². The molecule has 0 radical (unpaired) electrons. The fourth-order valence-corrected chi connectivity index (χ4v) is 1.72. The number of carbonyl (C=O) groups is 1. The molecule has 0 aromatic heterocycles. The fraction of sp³-hybridized carbons (Fsp3) is 0.300. The van der Waals surface area contributed by atoms with Crippen molar-refractivity contribution in [1.82, 2.24) is 0 Å². The van der Waals surface area contributed by atoms with E-state index in [2.05, 4.69) is 0 Å². The van der Waals surface area contributed by atoms with Crippen LogP contribution in [0.15, 0.2) is 12.1 Å². The third kappa shape index (κ3) is 2.97. The molecule has 0 aliphatic rings. The summed E-state index contributed by atoms with van der Waals surface area (Å²) in [7, 11) is 1.35. The number of nitro benzene ring substituents is 2. The van der Waals surface area contributed by atoms with E-state index in [0.717, 1.165) is 17.0 Å². The molecule has 0 heterocycles. The largest absolute Gasteiger partial charge is 0.314 e. The molecular formula is C10H10ClN3O5. The van der Waals surface area contributed by atoms with Gasteiger partial charge in [0.1, 0.15) is 5.88 Å². The average molecular weight is 288 g/mol. The van der Waals surface area contributed by atoms with Gasteiger partial charge >= 0.3 is 0 Å². The second-order valence-electron chi connectivity index (χ2n) is 3.71. The van der Waals surface area contributed by atoms with Crippen molar-refractivity contribution in [3.05, 3.63) is 37.9 Å². The Hall–Kier alpha value is -2.22. The number of hydrogen-bond acceptors (Lipinski definition) is 5. The number of nitrogens with zero attached hydrogens (tertiary/aromatic N) is 3. The van der Waals surface area contributed by atoms with Gasteiger partial charge in [0, 0.05) is 13.1 Å². The van der Waals surface area contributed by atoms with E-state index in [9.17, 15) is 25.0 Å². The molecule has 9 heteroatoms. The summed E-state index contributed by atoms with van der Waals surface area (Å²) >= 11 is 5.39. The highest BCUT2D eigenvalue weighted by atomic mass is 35.5. The number of non-ortho nitro benzene ring substituents is 1. The van der Waals surface area contributed by atoms with Gasteiger partial charge in [-0.15, -0.1) is 11.6 Å². The molecule has 0 atom stereocenters. The number of amides is 1. The molecule has 1 aromatic carbocycles. The van der Waals surface area contributed by atoms with Gasteiger partial charge in [-0.25, -0.2) is 0 Å². The molecule has 0 N–H and O–H groups in total. The second-order valence-corrected chi connectivity index (χ2v) is 3.98. The minimum absolute atomic E-state index is 0.0894. The van der Waals surface area contributed by atoms with Crippen molar-refractivity contribution in [3.63, 3.8) is 0 Å². The molecule has 0 spiro atoms. The molecule has 1 amide bonds. The first-order valence-corrected chi connectivity index (χ1v) is 5.59. The number of hydrogen-bond donors (Lipinski definition) is 0. The van der Waals surface area contributed by atoms with Crippen LogP contribution in [0.3, 0.4) is 0 Å². The number of halogens is 1. The van der Waals surface area contributed by atoms with Gasteiger partial charge in [0.05, 0.1) is 27.2 Å². The first kappa shape index (κ1) is 14.8. The quantitative estimate of drug-likeness (QED) is 0.478. The van der Waals surface area contributed by atoms with Crippen molar-refractivity contribution in [1.29, 1.82) is 0 Å². The Morgan fingerprint density at radius 3 is 2.32 bits per heavy atom. The van der Waals surface area contributed by atoms with Crippen LogP contribution in [0.1, 0.15) is 5.56 Å². The molecule has 19 heavy (non-hydrogen) atoms. The number of carbonyl (C=O) groups excluding carboxylic acids is 1. The molecule has 0 saturated carbocycles. The summed E-state index contributed by atoms with van der Waals surface area (Å²) < 4.78 is 0. The van der Waals surface area contributed by atoms with Crippen molar-refractivity contribution < 1.29 is 14.6 Å². The van der Waals surface area contributed by atoms with E-state index >= 15 is 0 Å². The predicted molar refractivity (Wildman–Crippen MR) is 68.6 cm³/mol. The number of anilines is 1. The minimum Gasteiger partial charge on any atom is -0.314 e. The van der Waals surface area contributed by atoms with Crippen LogP contribution >= 0.6 is 11.6 Å². The molecule has 0 bridgehead atoms. The lowest BCUT2D eigenvalue weighted by molar-refractivity contribution is -0.394. The van der Waals surface area contributed by atoms with E-state index in [1.54, 1.807) is 0 Å². The second kappa shape index (κ2) is 5.61. The molecule has 0 unspecified atom stereocenters. The lowest BCUT2D eigenvalue weighted by Gasteiger charge is -2.18. The highest BCUT2D eigenvalue weighted by Gasteiger charge is 2.24. The van der Waals surface area contributed by atoms with Gasteiger partial charge in [0.2, 0.25) is 5.91 Å². The third-order valence-electron chi connectivity index (χ3n) is 2.59. The normalized spacial score (nSPS) is 10.1. The van der Waals surface area contributed by atoms with Gasteiger partial charge in [-0.3, -0.25) is 25.0 Å². The van der Waals surface area contributed by atoms with Crippen molar-refractivity contribution in [2.75, 3.05) is 17.8 Å². The maximum atomic E-state index is 11.5. The van der Waals surface area contributed by atoms with E-state index in [1.165, 1.54) is 14.0 Å². The SMILES string of the molecule is Cc1c(N(C)C(=O)CCl)cc([N+](=O)[O-])cc1[N+](=O)[O-]. The summed E-state index contributed by atoms with van der Waals surface area (Å²) in [5, 5.41) is 21.6. The third-order valence-corrected chi connectivity index (χ3v) is 2.82. The summed E-state index contributed by atoms with van der Waals surface area (Å²) in [6.45, 7) is 1.41. The zero-order valence-corrected chi connectivity index (χ0v) is 10.9. The van der Waals surface area contributed by atoms with E-state index in [0.29, 0.717) is 0 Å². The first-order chi connectivity index (χ1) is 8.79. The van der Waals surface area contributed by atoms with Crippen LogP contribution in [0.4, 0.5) is 17.1 Å². The Morgan fingerprint density at radius 1 is 1.32 bits per heavy atom. The summed E-state index contributed by atoms with van der Waals surface area (Å²) in [4.78, 5) is 32.7. The number of nitro groups is 2. The smallest absolute Gasteiger partial charge is 0.281 e. The lowest BCUT2D eigenvalue weighted by Crippen LogP contribution is -2.28. The highest BCUT2D eigenvalue weighted by molar-refractivity contribution is 6.29. The minimum atomic E-state index is -0.755. The zero-order valence-electron chi connectivity index (χ0n) is 10.1. The van der Waals surface area contributed by atoms with Gasteiger partial charge in [0.25, 0.3) is 11.4 Å². The standard InChI is InChI=1S/C10H10ClN3O5/c1-6-8(12(2)10(15)5-11)3-7(13(16)17)4-9(6)14(18)19/h3-4H,5H2,1-2H3. The first-order valence-electron chi connectivity index (χ1n) is 5.05. The van der Waals surface area contributed by atoms with E-state index in [1.807, 2.05) is 0 Å². The average Bonchev–Trinajstić information content (AvgIpc) is 2.36. The van der Waals surface area contributed by atoms with Crippen LogP contribution in [0, 0.1) is 27.2 Å². The summed E-state index contributed by atoms with van der Waals surface area (Å²) in [6, 6.07) is 1.96. The number of benzene rings is 1.